The summed E-state index contributed by atoms with van der Waals surface area (Å²) in [5, 5.41) is 15.9. The number of hydrogen-bond donors (Lipinski definition) is 2. The highest BCUT2D eigenvalue weighted by Gasteiger charge is 2.50. The van der Waals surface area contributed by atoms with Gasteiger partial charge in [0.1, 0.15) is 5.82 Å². The molecule has 2 N–H and O–H groups in total. The Bertz CT molecular complexity index is 687. The maximum atomic E-state index is 12.8. The summed E-state index contributed by atoms with van der Waals surface area (Å²) in [4.78, 5) is 14.7. The van der Waals surface area contributed by atoms with Crippen LogP contribution in [-0.4, -0.2) is 41.3 Å². The van der Waals surface area contributed by atoms with E-state index in [1.54, 1.807) is 0 Å². The first-order chi connectivity index (χ1) is 11.5. The van der Waals surface area contributed by atoms with E-state index >= 15 is 0 Å². The van der Waals surface area contributed by atoms with Crippen molar-refractivity contribution < 1.29 is 4.79 Å². The molecule has 1 amide bonds. The lowest BCUT2D eigenvalue weighted by atomic mass is 9.87. The Balaban J connectivity index is 1.40. The zero-order chi connectivity index (χ0) is 16.5. The van der Waals surface area contributed by atoms with E-state index in [0.29, 0.717) is 12.1 Å². The first-order valence-electron chi connectivity index (χ1n) is 9.23. The van der Waals surface area contributed by atoms with Crippen molar-refractivity contribution in [3.05, 3.63) is 11.6 Å². The molecule has 1 aromatic rings. The summed E-state index contributed by atoms with van der Waals surface area (Å²) in [7, 11) is 0. The molecule has 128 valence electrons. The number of aromatic nitrogens is 2. The van der Waals surface area contributed by atoms with Gasteiger partial charge in [-0.3, -0.25) is 9.69 Å². The maximum Gasteiger partial charge on any atom is 0.238 e. The SMILES string of the molecule is CC1(C)C(=O)N(C2CC2)c2nnc(N[C@H]3C[C@H]4CNC[C@H]4C3)cc21. The van der Waals surface area contributed by atoms with Gasteiger partial charge in [-0.05, 0) is 70.5 Å². The Kier molecular flexibility index (Phi) is 2.99. The van der Waals surface area contributed by atoms with Crippen molar-refractivity contribution in [2.45, 2.75) is 57.0 Å². The number of carbonyl (C=O) groups is 1. The normalized spacial score (nSPS) is 33.7. The summed E-state index contributed by atoms with van der Waals surface area (Å²) in [6, 6.07) is 2.89. The van der Waals surface area contributed by atoms with Gasteiger partial charge in [0.15, 0.2) is 5.82 Å². The largest absolute Gasteiger partial charge is 0.366 e. The maximum absolute atomic E-state index is 12.8. The number of nitrogens with zero attached hydrogens (tertiary/aromatic N) is 3. The van der Waals surface area contributed by atoms with E-state index in [0.717, 1.165) is 55.0 Å². The third-order valence-corrected chi connectivity index (χ3v) is 6.35. The Hall–Kier alpha value is -1.69. The second-order valence-electron chi connectivity index (χ2n) is 8.49. The summed E-state index contributed by atoms with van der Waals surface area (Å²) >= 11 is 0. The fourth-order valence-corrected chi connectivity index (χ4v) is 4.77. The molecule has 0 aromatic carbocycles. The fourth-order valence-electron chi connectivity index (χ4n) is 4.77. The van der Waals surface area contributed by atoms with Gasteiger partial charge in [0.05, 0.1) is 5.41 Å². The van der Waals surface area contributed by atoms with Gasteiger partial charge in [0.2, 0.25) is 5.91 Å². The van der Waals surface area contributed by atoms with E-state index in [1.165, 1.54) is 12.8 Å². The molecule has 0 unspecified atom stereocenters. The number of amides is 1. The lowest BCUT2D eigenvalue weighted by Crippen LogP contribution is -2.37. The fraction of sp³-hybridized carbons (Fsp3) is 0.722. The molecular weight excluding hydrogens is 302 g/mol. The van der Waals surface area contributed by atoms with E-state index < -0.39 is 5.41 Å². The smallest absolute Gasteiger partial charge is 0.238 e. The Morgan fingerprint density at radius 2 is 1.92 bits per heavy atom. The minimum Gasteiger partial charge on any atom is -0.366 e. The molecule has 1 saturated heterocycles. The summed E-state index contributed by atoms with van der Waals surface area (Å²) in [5.74, 6) is 3.38. The van der Waals surface area contributed by atoms with Crippen LogP contribution in [0.25, 0.3) is 0 Å². The highest BCUT2D eigenvalue weighted by atomic mass is 16.2. The highest BCUT2D eigenvalue weighted by Crippen LogP contribution is 2.46. The van der Waals surface area contributed by atoms with Crippen LogP contribution < -0.4 is 15.5 Å². The molecule has 1 aromatic heterocycles. The molecule has 3 atom stereocenters. The van der Waals surface area contributed by atoms with Crippen molar-refractivity contribution in [2.75, 3.05) is 23.3 Å². The number of carbonyl (C=O) groups excluding carboxylic acids is 1. The van der Waals surface area contributed by atoms with Crippen LogP contribution in [0.15, 0.2) is 6.07 Å². The van der Waals surface area contributed by atoms with Crippen molar-refractivity contribution >= 4 is 17.5 Å². The predicted molar refractivity (Wildman–Crippen MR) is 92.1 cm³/mol. The van der Waals surface area contributed by atoms with Crippen LogP contribution in [0.1, 0.15) is 45.1 Å². The Morgan fingerprint density at radius 3 is 2.58 bits per heavy atom. The summed E-state index contributed by atoms with van der Waals surface area (Å²) in [6.45, 7) is 6.31. The zero-order valence-corrected chi connectivity index (χ0v) is 14.4. The average molecular weight is 327 g/mol. The Labute approximate surface area is 142 Å². The molecule has 4 aliphatic rings. The molecular formula is C18H25N5O. The van der Waals surface area contributed by atoms with E-state index in [4.69, 9.17) is 0 Å². The van der Waals surface area contributed by atoms with Crippen molar-refractivity contribution in [3.63, 3.8) is 0 Å². The van der Waals surface area contributed by atoms with Gasteiger partial charge >= 0.3 is 0 Å². The van der Waals surface area contributed by atoms with Crippen molar-refractivity contribution in [1.29, 1.82) is 0 Å². The van der Waals surface area contributed by atoms with Gasteiger partial charge in [-0.15, -0.1) is 10.2 Å². The molecule has 2 aliphatic carbocycles. The quantitative estimate of drug-likeness (QED) is 0.884. The van der Waals surface area contributed by atoms with Gasteiger partial charge in [-0.2, -0.15) is 0 Å². The average Bonchev–Trinajstić information content (AvgIpc) is 3.10. The van der Waals surface area contributed by atoms with Crippen LogP contribution in [0, 0.1) is 11.8 Å². The Morgan fingerprint density at radius 1 is 1.21 bits per heavy atom. The lowest BCUT2D eigenvalue weighted by molar-refractivity contribution is -0.122. The molecule has 6 heteroatoms. The molecule has 0 spiro atoms. The van der Waals surface area contributed by atoms with E-state index in [9.17, 15) is 4.79 Å². The number of anilines is 2. The van der Waals surface area contributed by atoms with Gasteiger partial charge in [0.25, 0.3) is 0 Å². The predicted octanol–water partition coefficient (Wildman–Crippen LogP) is 1.67. The standard InChI is InChI=1S/C18H25N5O/c1-18(2)14-7-15(20-12-5-10-8-19-9-11(10)6-12)21-22-16(14)23(17(18)24)13-3-4-13/h7,10-13,19H,3-6,8-9H2,1-2H3,(H,20,21)/t10-,11+,12-. The zero-order valence-electron chi connectivity index (χ0n) is 14.4. The number of nitrogens with one attached hydrogen (secondary N) is 2. The van der Waals surface area contributed by atoms with Gasteiger partial charge in [0, 0.05) is 17.6 Å². The third kappa shape index (κ3) is 2.08. The minimum atomic E-state index is -0.500. The van der Waals surface area contributed by atoms with E-state index in [1.807, 2.05) is 18.7 Å². The molecule has 2 saturated carbocycles. The number of fused-ring (bicyclic) bond motifs is 2. The van der Waals surface area contributed by atoms with Crippen molar-refractivity contribution in [3.8, 4) is 0 Å². The van der Waals surface area contributed by atoms with Gasteiger partial charge in [-0.25, -0.2) is 0 Å². The molecule has 24 heavy (non-hydrogen) atoms. The number of hydrogen-bond acceptors (Lipinski definition) is 5. The first kappa shape index (κ1) is 14.6. The second-order valence-corrected chi connectivity index (χ2v) is 8.49. The summed E-state index contributed by atoms with van der Waals surface area (Å²) < 4.78 is 0. The monoisotopic (exact) mass is 327 g/mol. The lowest BCUT2D eigenvalue weighted by Gasteiger charge is -2.18. The van der Waals surface area contributed by atoms with E-state index in [-0.39, 0.29) is 5.91 Å². The highest BCUT2D eigenvalue weighted by molar-refractivity contribution is 6.07. The molecule has 0 bridgehead atoms. The van der Waals surface area contributed by atoms with Crippen LogP contribution in [0.5, 0.6) is 0 Å². The minimum absolute atomic E-state index is 0.174. The molecule has 0 radical (unpaired) electrons. The molecule has 5 rings (SSSR count). The first-order valence-corrected chi connectivity index (χ1v) is 9.23. The van der Waals surface area contributed by atoms with Crippen LogP contribution >= 0.6 is 0 Å². The molecule has 6 nitrogen and oxygen atoms in total. The van der Waals surface area contributed by atoms with Crippen molar-refractivity contribution in [2.24, 2.45) is 11.8 Å². The molecule has 2 aliphatic heterocycles. The third-order valence-electron chi connectivity index (χ3n) is 6.35. The van der Waals surface area contributed by atoms with Crippen LogP contribution in [0.2, 0.25) is 0 Å². The van der Waals surface area contributed by atoms with Crippen LogP contribution in [0.3, 0.4) is 0 Å². The topological polar surface area (TPSA) is 70.2 Å². The van der Waals surface area contributed by atoms with Crippen LogP contribution in [-0.2, 0) is 10.2 Å². The van der Waals surface area contributed by atoms with Gasteiger partial charge < -0.3 is 10.6 Å². The number of rotatable bonds is 3. The van der Waals surface area contributed by atoms with E-state index in [2.05, 4.69) is 26.9 Å². The second kappa shape index (κ2) is 4.91. The summed E-state index contributed by atoms with van der Waals surface area (Å²) in [6.07, 6.45) is 4.57. The molecule has 3 heterocycles. The van der Waals surface area contributed by atoms with Gasteiger partial charge in [-0.1, -0.05) is 0 Å². The van der Waals surface area contributed by atoms with Crippen LogP contribution in [0.4, 0.5) is 11.6 Å². The summed E-state index contributed by atoms with van der Waals surface area (Å²) in [5.41, 5.74) is 0.525. The molecule has 3 fully saturated rings. The van der Waals surface area contributed by atoms with Crippen molar-refractivity contribution in [1.82, 2.24) is 15.5 Å².